The number of carbonyl (C=O) groups excluding carboxylic acids is 2. The average Bonchev–Trinajstić information content (AvgIpc) is 3.29. The van der Waals surface area contributed by atoms with E-state index >= 15 is 0 Å². The number of aromatic amines is 1. The Morgan fingerprint density at radius 1 is 0.973 bits per heavy atom. The molecular weight excluding hydrogens is 468 g/mol. The van der Waals surface area contributed by atoms with Crippen molar-refractivity contribution in [1.82, 2.24) is 14.8 Å². The number of hydrogen-bond acceptors (Lipinski definition) is 4. The molecule has 0 spiro atoms. The monoisotopic (exact) mass is 494 g/mol. The second kappa shape index (κ2) is 9.20. The number of piperazine rings is 1. The smallest absolute Gasteiger partial charge is 0.269 e. The van der Waals surface area contributed by atoms with E-state index in [0.717, 1.165) is 35.0 Å². The second-order valence-corrected chi connectivity index (χ2v) is 9.69. The van der Waals surface area contributed by atoms with Gasteiger partial charge in [0.05, 0.1) is 17.5 Å². The number of amides is 2. The van der Waals surface area contributed by atoms with Crippen molar-refractivity contribution >= 4 is 28.4 Å². The molecule has 186 valence electrons. The zero-order valence-electron chi connectivity index (χ0n) is 20.2. The minimum atomic E-state index is -0.658. The molecule has 1 fully saturated rings. The molecule has 2 atom stereocenters. The lowest BCUT2D eigenvalue weighted by Crippen LogP contribution is -2.63. The number of benzene rings is 3. The van der Waals surface area contributed by atoms with Crippen LogP contribution in [0.15, 0.2) is 78.9 Å². The van der Waals surface area contributed by atoms with Gasteiger partial charge in [0.15, 0.2) is 0 Å². The molecule has 8 heteroatoms. The molecule has 3 aromatic carbocycles. The van der Waals surface area contributed by atoms with E-state index in [1.807, 2.05) is 42.5 Å². The first-order valence-corrected chi connectivity index (χ1v) is 12.5. The van der Waals surface area contributed by atoms with Crippen LogP contribution in [-0.4, -0.2) is 50.7 Å². The Balaban J connectivity index is 1.37. The summed E-state index contributed by atoms with van der Waals surface area (Å²) >= 11 is 0. The maximum Gasteiger partial charge on any atom is 0.269 e. The Kier molecular flexibility index (Phi) is 5.71. The van der Waals surface area contributed by atoms with Crippen LogP contribution >= 0.6 is 0 Å². The molecule has 2 aliphatic rings. The van der Waals surface area contributed by atoms with Gasteiger partial charge in [0.2, 0.25) is 11.8 Å². The molecule has 0 bridgehead atoms. The number of H-pyrrole nitrogens is 1. The van der Waals surface area contributed by atoms with Crippen LogP contribution in [0.3, 0.4) is 0 Å². The fourth-order valence-electron chi connectivity index (χ4n) is 5.79. The van der Waals surface area contributed by atoms with Gasteiger partial charge in [0.1, 0.15) is 6.04 Å². The zero-order valence-corrected chi connectivity index (χ0v) is 20.2. The van der Waals surface area contributed by atoms with E-state index in [1.165, 1.54) is 17.7 Å². The maximum absolute atomic E-state index is 13.8. The summed E-state index contributed by atoms with van der Waals surface area (Å²) in [5.74, 6) is -0.218. The summed E-state index contributed by atoms with van der Waals surface area (Å²) in [4.78, 5) is 45.3. The lowest BCUT2D eigenvalue weighted by Gasteiger charge is -2.47. The van der Waals surface area contributed by atoms with Gasteiger partial charge in [0, 0.05) is 41.7 Å². The Morgan fingerprint density at radius 3 is 2.57 bits per heavy atom. The molecule has 0 saturated carbocycles. The number of hydrogen-bond donors (Lipinski definition) is 1. The van der Waals surface area contributed by atoms with Gasteiger partial charge in [-0.2, -0.15) is 0 Å². The van der Waals surface area contributed by atoms with Crippen LogP contribution in [-0.2, 0) is 22.4 Å². The third kappa shape index (κ3) is 4.04. The summed E-state index contributed by atoms with van der Waals surface area (Å²) in [6.07, 6.45) is 2.00. The summed E-state index contributed by atoms with van der Waals surface area (Å²) in [6, 6.07) is 23.1. The summed E-state index contributed by atoms with van der Waals surface area (Å²) in [5.41, 5.74) is 4.49. The van der Waals surface area contributed by atoms with Crippen LogP contribution in [0.1, 0.15) is 34.8 Å². The molecule has 1 saturated heterocycles. The molecule has 1 aromatic heterocycles. The first-order chi connectivity index (χ1) is 18.0. The van der Waals surface area contributed by atoms with Gasteiger partial charge in [-0.25, -0.2) is 0 Å². The number of aryl methyl sites for hydroxylation is 1. The fraction of sp³-hybridized carbons (Fsp3) is 0.241. The predicted octanol–water partition coefficient (Wildman–Crippen LogP) is 4.39. The Bertz CT molecular complexity index is 1510. The standard InChI is InChI=1S/C29H26N4O4/c34-26-18-31(15-7-10-19-8-2-1-3-9-19)29(35)25-17-23-22-13-4-5-14-24(22)30-27(23)28(32(25)26)20-11-6-12-21(16-20)33(36)37/h1-6,8-9,11-14,16,25,28,30H,7,10,15,17-18H2/t25-,28+/m1/s1. The number of nitrogens with one attached hydrogen (secondary N) is 1. The van der Waals surface area contributed by atoms with Gasteiger partial charge in [-0.1, -0.05) is 60.7 Å². The minimum absolute atomic E-state index is 0.00507. The van der Waals surface area contributed by atoms with Crippen LogP contribution in [0.25, 0.3) is 10.9 Å². The van der Waals surface area contributed by atoms with E-state index < -0.39 is 17.0 Å². The van der Waals surface area contributed by atoms with E-state index in [2.05, 4.69) is 17.1 Å². The van der Waals surface area contributed by atoms with Gasteiger partial charge in [-0.05, 0) is 35.6 Å². The third-order valence-electron chi connectivity index (χ3n) is 7.48. The lowest BCUT2D eigenvalue weighted by atomic mass is 9.86. The molecule has 4 aromatic rings. The van der Waals surface area contributed by atoms with Crippen molar-refractivity contribution in [3.05, 3.63) is 111 Å². The van der Waals surface area contributed by atoms with Crippen LogP contribution in [0.4, 0.5) is 5.69 Å². The number of fused-ring (bicyclic) bond motifs is 4. The molecule has 1 N–H and O–H groups in total. The highest BCUT2D eigenvalue weighted by Gasteiger charge is 2.48. The van der Waals surface area contributed by atoms with E-state index in [4.69, 9.17) is 0 Å². The quantitative estimate of drug-likeness (QED) is 0.317. The van der Waals surface area contributed by atoms with Crippen molar-refractivity contribution in [3.63, 3.8) is 0 Å². The topological polar surface area (TPSA) is 99.5 Å². The van der Waals surface area contributed by atoms with Crippen LogP contribution in [0.5, 0.6) is 0 Å². The second-order valence-electron chi connectivity index (χ2n) is 9.69. The van der Waals surface area contributed by atoms with Gasteiger partial charge in [0.25, 0.3) is 5.69 Å². The average molecular weight is 495 g/mol. The number of nitrogens with zero attached hydrogens (tertiary/aromatic N) is 3. The first-order valence-electron chi connectivity index (χ1n) is 12.5. The highest BCUT2D eigenvalue weighted by atomic mass is 16.6. The Morgan fingerprint density at radius 2 is 1.76 bits per heavy atom. The number of nitro groups is 1. The molecule has 0 radical (unpaired) electrons. The number of aromatic nitrogens is 1. The molecule has 8 nitrogen and oxygen atoms in total. The summed E-state index contributed by atoms with van der Waals surface area (Å²) in [6.45, 7) is 0.511. The van der Waals surface area contributed by atoms with Crippen molar-refractivity contribution in [2.75, 3.05) is 13.1 Å². The van der Waals surface area contributed by atoms with Crippen molar-refractivity contribution in [2.24, 2.45) is 0 Å². The number of non-ortho nitro benzene ring substituents is 1. The van der Waals surface area contributed by atoms with Crippen LogP contribution in [0.2, 0.25) is 0 Å². The molecule has 2 aliphatic heterocycles. The van der Waals surface area contributed by atoms with Crippen LogP contribution < -0.4 is 0 Å². The number of para-hydroxylation sites is 1. The molecule has 0 unspecified atom stereocenters. The molecule has 2 amide bonds. The highest BCUT2D eigenvalue weighted by molar-refractivity contribution is 5.97. The van der Waals surface area contributed by atoms with Gasteiger partial charge >= 0.3 is 0 Å². The van der Waals surface area contributed by atoms with Crippen molar-refractivity contribution in [1.29, 1.82) is 0 Å². The molecule has 6 rings (SSSR count). The summed E-state index contributed by atoms with van der Waals surface area (Å²) in [7, 11) is 0. The van der Waals surface area contributed by atoms with Gasteiger partial charge in [-0.15, -0.1) is 0 Å². The zero-order chi connectivity index (χ0) is 25.5. The van der Waals surface area contributed by atoms with Crippen LogP contribution in [0, 0.1) is 10.1 Å². The summed E-state index contributed by atoms with van der Waals surface area (Å²) in [5, 5.41) is 12.5. The van der Waals surface area contributed by atoms with E-state index in [9.17, 15) is 19.7 Å². The van der Waals surface area contributed by atoms with Crippen molar-refractivity contribution < 1.29 is 14.5 Å². The van der Waals surface area contributed by atoms with Gasteiger partial charge in [-0.3, -0.25) is 19.7 Å². The predicted molar refractivity (Wildman–Crippen MR) is 139 cm³/mol. The van der Waals surface area contributed by atoms with Gasteiger partial charge < -0.3 is 14.8 Å². The third-order valence-corrected chi connectivity index (χ3v) is 7.48. The normalized spacial score (nSPS) is 19.1. The number of rotatable bonds is 6. The number of nitro benzene ring substituents is 1. The van der Waals surface area contributed by atoms with E-state index in [-0.39, 0.29) is 24.0 Å². The molecule has 3 heterocycles. The summed E-state index contributed by atoms with van der Waals surface area (Å²) < 4.78 is 0. The largest absolute Gasteiger partial charge is 0.356 e. The van der Waals surface area contributed by atoms with Crippen molar-refractivity contribution in [3.8, 4) is 0 Å². The molecule has 0 aliphatic carbocycles. The molecular formula is C29H26N4O4. The maximum atomic E-state index is 13.8. The fourth-order valence-corrected chi connectivity index (χ4v) is 5.79. The first kappa shape index (κ1) is 23.0. The minimum Gasteiger partial charge on any atom is -0.356 e. The Hall–Kier alpha value is -4.46. The van der Waals surface area contributed by atoms with E-state index in [0.29, 0.717) is 18.5 Å². The lowest BCUT2D eigenvalue weighted by molar-refractivity contribution is -0.384. The SMILES string of the molecule is O=C1[C@H]2Cc3c([nH]c4ccccc34)[C@H](c3cccc([N+](=O)[O-])c3)N2C(=O)CN1CCCc1ccccc1. The highest BCUT2D eigenvalue weighted by Crippen LogP contribution is 2.43. The molecule has 37 heavy (non-hydrogen) atoms. The van der Waals surface area contributed by atoms with Crippen molar-refractivity contribution in [2.45, 2.75) is 31.3 Å². The van der Waals surface area contributed by atoms with E-state index in [1.54, 1.807) is 21.9 Å². The Labute approximate surface area is 213 Å². The number of carbonyl (C=O) groups is 2.